The summed E-state index contributed by atoms with van der Waals surface area (Å²) < 4.78 is 5.16. The lowest BCUT2D eigenvalue weighted by Crippen LogP contribution is -2.29. The van der Waals surface area contributed by atoms with Gasteiger partial charge in [0.05, 0.1) is 17.6 Å². The molecule has 2 amide bonds. The van der Waals surface area contributed by atoms with Gasteiger partial charge in [-0.25, -0.2) is 9.78 Å². The minimum absolute atomic E-state index is 0.150. The van der Waals surface area contributed by atoms with Gasteiger partial charge in [0, 0.05) is 30.5 Å². The van der Waals surface area contributed by atoms with E-state index in [1.54, 1.807) is 36.5 Å². The van der Waals surface area contributed by atoms with Gasteiger partial charge in [-0.15, -0.1) is 11.3 Å². The first-order valence-corrected chi connectivity index (χ1v) is 13.6. The predicted molar refractivity (Wildman–Crippen MR) is 152 cm³/mol. The van der Waals surface area contributed by atoms with E-state index in [9.17, 15) is 14.4 Å². The third-order valence-corrected chi connectivity index (χ3v) is 7.88. The van der Waals surface area contributed by atoms with Crippen LogP contribution in [0.2, 0.25) is 0 Å². The summed E-state index contributed by atoms with van der Waals surface area (Å²) in [7, 11) is 1.33. The molecule has 0 radical (unpaired) electrons. The molecule has 0 aliphatic carbocycles. The highest BCUT2D eigenvalue weighted by Crippen LogP contribution is 2.33. The van der Waals surface area contributed by atoms with Crippen LogP contribution in [0.4, 0.5) is 5.13 Å². The number of thioether (sulfide) groups is 1. The quantitative estimate of drug-likeness (QED) is 0.215. The van der Waals surface area contributed by atoms with Crippen molar-refractivity contribution in [3.63, 3.8) is 0 Å². The van der Waals surface area contributed by atoms with Crippen molar-refractivity contribution in [2.45, 2.75) is 26.2 Å². The Balaban J connectivity index is 1.25. The van der Waals surface area contributed by atoms with Gasteiger partial charge in [0.25, 0.3) is 5.91 Å². The molecule has 0 unspecified atom stereocenters. The number of benzene rings is 2. The first-order valence-electron chi connectivity index (χ1n) is 11.6. The van der Waals surface area contributed by atoms with E-state index in [2.05, 4.69) is 41.5 Å². The number of amides is 2. The monoisotopic (exact) mass is 551 g/mol. The molecule has 1 aliphatic rings. The van der Waals surface area contributed by atoms with Gasteiger partial charge in [-0.05, 0) is 42.7 Å². The van der Waals surface area contributed by atoms with Gasteiger partial charge in [-0.3, -0.25) is 14.5 Å². The molecule has 37 heavy (non-hydrogen) atoms. The van der Waals surface area contributed by atoms with Crippen LogP contribution in [0.3, 0.4) is 0 Å². The number of esters is 1. The Morgan fingerprint density at radius 2 is 1.86 bits per heavy atom. The van der Waals surface area contributed by atoms with Crippen molar-refractivity contribution in [3.05, 3.63) is 86.8 Å². The molecule has 0 bridgehead atoms. The largest absolute Gasteiger partial charge is 0.465 e. The molecule has 7 nitrogen and oxygen atoms in total. The molecule has 0 atom stereocenters. The average molecular weight is 552 g/mol. The van der Waals surface area contributed by atoms with Crippen LogP contribution in [0.15, 0.2) is 59.6 Å². The molecule has 1 aliphatic heterocycles. The van der Waals surface area contributed by atoms with E-state index in [1.807, 2.05) is 0 Å². The summed E-state index contributed by atoms with van der Waals surface area (Å²) >= 11 is 8.07. The number of carbonyl (C=O) groups excluding carboxylic acids is 3. The molecule has 1 N–H and O–H groups in total. The summed E-state index contributed by atoms with van der Waals surface area (Å²) in [6.07, 6.45) is 5.02. The molecular formula is C27H25N3O4S3. The van der Waals surface area contributed by atoms with E-state index in [-0.39, 0.29) is 18.2 Å². The number of methoxy groups -OCH3 is 1. The standard InChI is InChI=1S/C27H25N3O4S3/c1-17-5-7-18(8-6-17)14-21-16-28-26(36-21)29-23(31)4-3-13-30-24(32)22(37-27(30)35)15-19-9-11-20(12-10-19)25(33)34-2/h5-12,15-16H,3-4,13-14H2,1-2H3,(H,28,29,31)/b22-15-. The number of carbonyl (C=O) groups is 3. The number of rotatable bonds is 9. The van der Waals surface area contributed by atoms with Gasteiger partial charge < -0.3 is 10.1 Å². The molecule has 190 valence electrons. The Bertz CT molecular complexity index is 1350. The molecule has 1 fully saturated rings. The van der Waals surface area contributed by atoms with Gasteiger partial charge in [0.15, 0.2) is 5.13 Å². The second kappa shape index (κ2) is 12.3. The Kier molecular flexibility index (Phi) is 8.86. The molecule has 1 aromatic heterocycles. The van der Waals surface area contributed by atoms with Crippen LogP contribution in [-0.4, -0.2) is 45.6 Å². The Morgan fingerprint density at radius 3 is 2.57 bits per heavy atom. The van der Waals surface area contributed by atoms with Crippen LogP contribution < -0.4 is 5.32 Å². The highest BCUT2D eigenvalue weighted by atomic mass is 32.2. The molecule has 3 aromatic rings. The fraction of sp³-hybridized carbons (Fsp3) is 0.222. The predicted octanol–water partition coefficient (Wildman–Crippen LogP) is 5.45. The SMILES string of the molecule is COC(=O)c1ccc(/C=C2\SC(=S)N(CCCC(=O)Nc3ncc(Cc4ccc(C)cc4)s3)C2=O)cc1. The Morgan fingerprint density at radius 1 is 1.14 bits per heavy atom. The normalized spacial score (nSPS) is 14.3. The van der Waals surface area contributed by atoms with E-state index in [0.29, 0.717) is 32.9 Å². The van der Waals surface area contributed by atoms with E-state index in [4.69, 9.17) is 17.0 Å². The first-order chi connectivity index (χ1) is 17.8. The minimum atomic E-state index is -0.417. The van der Waals surface area contributed by atoms with Gasteiger partial charge >= 0.3 is 5.97 Å². The number of hydrogen-bond acceptors (Lipinski definition) is 8. The molecule has 1 saturated heterocycles. The Hall–Kier alpha value is -3.34. The fourth-order valence-electron chi connectivity index (χ4n) is 3.61. The summed E-state index contributed by atoms with van der Waals surface area (Å²) in [5.41, 5.74) is 3.63. The van der Waals surface area contributed by atoms with Crippen LogP contribution in [0.1, 0.15) is 44.8 Å². The highest BCUT2D eigenvalue weighted by molar-refractivity contribution is 8.26. The maximum Gasteiger partial charge on any atom is 0.337 e. The van der Waals surface area contributed by atoms with Crippen LogP contribution in [0.5, 0.6) is 0 Å². The molecule has 0 saturated carbocycles. The zero-order valence-corrected chi connectivity index (χ0v) is 22.8. The number of ether oxygens (including phenoxy) is 1. The molecule has 0 spiro atoms. The van der Waals surface area contributed by atoms with E-state index < -0.39 is 5.97 Å². The third kappa shape index (κ3) is 7.12. The van der Waals surface area contributed by atoms with E-state index in [0.717, 1.165) is 16.9 Å². The number of anilines is 1. The summed E-state index contributed by atoms with van der Waals surface area (Å²) in [4.78, 5) is 44.3. The van der Waals surface area contributed by atoms with E-state index in [1.165, 1.54) is 46.2 Å². The molecule has 4 rings (SSSR count). The number of nitrogens with zero attached hydrogens (tertiary/aromatic N) is 2. The molecular weight excluding hydrogens is 527 g/mol. The average Bonchev–Trinajstić information content (AvgIpc) is 3.43. The smallest absolute Gasteiger partial charge is 0.337 e. The maximum atomic E-state index is 12.8. The number of aryl methyl sites for hydroxylation is 1. The van der Waals surface area contributed by atoms with Crippen LogP contribution in [-0.2, 0) is 20.7 Å². The summed E-state index contributed by atoms with van der Waals surface area (Å²) in [5, 5.41) is 3.41. The zero-order valence-electron chi connectivity index (χ0n) is 20.4. The number of hydrogen-bond donors (Lipinski definition) is 1. The number of thiazole rings is 1. The van der Waals surface area contributed by atoms with Crippen LogP contribution in [0.25, 0.3) is 6.08 Å². The van der Waals surface area contributed by atoms with Crippen molar-refractivity contribution in [2.75, 3.05) is 19.0 Å². The summed E-state index contributed by atoms with van der Waals surface area (Å²) in [6.45, 7) is 2.41. The first kappa shape index (κ1) is 26.7. The van der Waals surface area contributed by atoms with Crippen molar-refractivity contribution < 1.29 is 19.1 Å². The summed E-state index contributed by atoms with van der Waals surface area (Å²) in [5.74, 6) is -0.754. The zero-order chi connectivity index (χ0) is 26.4. The van der Waals surface area contributed by atoms with Crippen LogP contribution >= 0.6 is 35.3 Å². The second-order valence-electron chi connectivity index (χ2n) is 8.39. The van der Waals surface area contributed by atoms with Gasteiger partial charge in [-0.2, -0.15) is 0 Å². The lowest BCUT2D eigenvalue weighted by Gasteiger charge is -2.13. The van der Waals surface area contributed by atoms with Crippen molar-refractivity contribution in [3.8, 4) is 0 Å². The van der Waals surface area contributed by atoms with Crippen molar-refractivity contribution in [1.82, 2.24) is 9.88 Å². The van der Waals surface area contributed by atoms with Gasteiger partial charge in [0.2, 0.25) is 5.91 Å². The number of nitrogens with one attached hydrogen (secondary N) is 1. The third-order valence-electron chi connectivity index (χ3n) is 5.59. The lowest BCUT2D eigenvalue weighted by molar-refractivity contribution is -0.122. The fourth-order valence-corrected chi connectivity index (χ4v) is 5.78. The maximum absolute atomic E-state index is 12.8. The molecule has 2 heterocycles. The number of aromatic nitrogens is 1. The molecule has 2 aromatic carbocycles. The summed E-state index contributed by atoms with van der Waals surface area (Å²) in [6, 6.07) is 15.1. The van der Waals surface area contributed by atoms with E-state index >= 15 is 0 Å². The molecule has 10 heteroatoms. The van der Waals surface area contributed by atoms with Gasteiger partial charge in [-0.1, -0.05) is 65.9 Å². The minimum Gasteiger partial charge on any atom is -0.465 e. The second-order valence-corrected chi connectivity index (χ2v) is 11.2. The topological polar surface area (TPSA) is 88.6 Å². The van der Waals surface area contributed by atoms with Crippen molar-refractivity contribution >= 4 is 68.6 Å². The lowest BCUT2D eigenvalue weighted by atomic mass is 10.1. The van der Waals surface area contributed by atoms with Crippen LogP contribution in [0, 0.1) is 6.92 Å². The number of thiocarbonyl (C=S) groups is 1. The highest BCUT2D eigenvalue weighted by Gasteiger charge is 2.31. The Labute approximate surface area is 228 Å². The van der Waals surface area contributed by atoms with Gasteiger partial charge in [0.1, 0.15) is 4.32 Å². The van der Waals surface area contributed by atoms with Crippen molar-refractivity contribution in [2.24, 2.45) is 0 Å². The van der Waals surface area contributed by atoms with Crippen molar-refractivity contribution in [1.29, 1.82) is 0 Å².